The van der Waals surface area contributed by atoms with Crippen molar-refractivity contribution in [3.63, 3.8) is 0 Å². The van der Waals surface area contributed by atoms with Crippen LogP contribution in [0, 0.1) is 0 Å². The van der Waals surface area contributed by atoms with Crippen LogP contribution in [0.4, 0.5) is 10.5 Å². The zero-order valence-corrected chi connectivity index (χ0v) is 13.1. The quantitative estimate of drug-likeness (QED) is 0.860. The largest absolute Gasteiger partial charge is 0.338 e. The zero-order valence-electron chi connectivity index (χ0n) is 13.1. The first kappa shape index (κ1) is 14.9. The fourth-order valence-electron chi connectivity index (χ4n) is 3.30. The first-order valence-electron chi connectivity index (χ1n) is 8.08. The molecular weight excluding hydrogens is 278 g/mol. The molecule has 1 unspecified atom stereocenters. The number of urea groups is 1. The van der Waals surface area contributed by atoms with Gasteiger partial charge in [-0.2, -0.15) is 0 Å². The van der Waals surface area contributed by atoms with Gasteiger partial charge < -0.3 is 9.80 Å². The van der Waals surface area contributed by atoms with Gasteiger partial charge in [0.1, 0.15) is 6.54 Å². The fourth-order valence-corrected chi connectivity index (χ4v) is 3.30. The Morgan fingerprint density at radius 1 is 1.14 bits per heavy atom. The van der Waals surface area contributed by atoms with Crippen molar-refractivity contribution < 1.29 is 9.59 Å². The molecule has 1 atom stereocenters. The van der Waals surface area contributed by atoms with E-state index in [2.05, 4.69) is 6.92 Å². The summed E-state index contributed by atoms with van der Waals surface area (Å²) in [6, 6.07) is 9.86. The van der Waals surface area contributed by atoms with Crippen molar-refractivity contribution in [1.29, 1.82) is 0 Å². The molecule has 0 radical (unpaired) electrons. The highest BCUT2D eigenvalue weighted by molar-refractivity contribution is 5.96. The molecule has 0 N–H and O–H groups in total. The monoisotopic (exact) mass is 301 g/mol. The van der Waals surface area contributed by atoms with Gasteiger partial charge in [-0.3, -0.25) is 9.69 Å². The number of piperidine rings is 1. The summed E-state index contributed by atoms with van der Waals surface area (Å²) in [6.45, 7) is 4.38. The Morgan fingerprint density at radius 3 is 2.64 bits per heavy atom. The Hall–Kier alpha value is -2.04. The highest BCUT2D eigenvalue weighted by atomic mass is 16.2. The molecule has 0 aromatic heterocycles. The molecule has 2 aliphatic heterocycles. The van der Waals surface area contributed by atoms with Crippen molar-refractivity contribution in [3.8, 4) is 0 Å². The molecule has 2 saturated heterocycles. The third-order valence-electron chi connectivity index (χ3n) is 4.61. The van der Waals surface area contributed by atoms with Crippen molar-refractivity contribution in [1.82, 2.24) is 9.80 Å². The lowest BCUT2D eigenvalue weighted by Gasteiger charge is -2.34. The van der Waals surface area contributed by atoms with E-state index in [4.69, 9.17) is 0 Å². The van der Waals surface area contributed by atoms with Gasteiger partial charge in [-0.25, -0.2) is 4.79 Å². The van der Waals surface area contributed by atoms with Crippen molar-refractivity contribution in [2.45, 2.75) is 32.2 Å². The summed E-state index contributed by atoms with van der Waals surface area (Å²) in [7, 11) is 0. The van der Waals surface area contributed by atoms with E-state index in [1.807, 2.05) is 35.2 Å². The number of nitrogens with zero attached hydrogens (tertiary/aromatic N) is 3. The predicted molar refractivity (Wildman–Crippen MR) is 85.8 cm³/mol. The first-order chi connectivity index (χ1) is 10.7. The van der Waals surface area contributed by atoms with Gasteiger partial charge in [0, 0.05) is 31.4 Å². The van der Waals surface area contributed by atoms with Gasteiger partial charge in [0.15, 0.2) is 0 Å². The van der Waals surface area contributed by atoms with Gasteiger partial charge in [0.2, 0.25) is 5.91 Å². The third-order valence-corrected chi connectivity index (χ3v) is 4.61. The van der Waals surface area contributed by atoms with E-state index < -0.39 is 0 Å². The van der Waals surface area contributed by atoms with Crippen molar-refractivity contribution in [2.24, 2.45) is 0 Å². The lowest BCUT2D eigenvalue weighted by molar-refractivity contribution is -0.134. The molecule has 3 rings (SSSR count). The molecule has 1 aromatic rings. The summed E-state index contributed by atoms with van der Waals surface area (Å²) < 4.78 is 0. The molecule has 2 heterocycles. The van der Waals surface area contributed by atoms with Crippen molar-refractivity contribution >= 4 is 17.6 Å². The molecule has 0 bridgehead atoms. The molecule has 2 aliphatic rings. The predicted octanol–water partition coefficient (Wildman–Crippen LogP) is 2.33. The van der Waals surface area contributed by atoms with Gasteiger partial charge in [0.25, 0.3) is 0 Å². The number of anilines is 1. The number of carbonyl (C=O) groups excluding carboxylic acids is 2. The lowest BCUT2D eigenvalue weighted by Crippen LogP contribution is -2.47. The Labute approximate surface area is 131 Å². The second-order valence-corrected chi connectivity index (χ2v) is 6.12. The van der Waals surface area contributed by atoms with Crippen LogP contribution in [0.1, 0.15) is 26.2 Å². The van der Waals surface area contributed by atoms with E-state index in [9.17, 15) is 9.59 Å². The molecule has 0 spiro atoms. The molecule has 0 saturated carbocycles. The molecule has 1 aromatic carbocycles. The second kappa shape index (κ2) is 6.38. The van der Waals surface area contributed by atoms with Crippen LogP contribution < -0.4 is 4.90 Å². The topological polar surface area (TPSA) is 43.9 Å². The van der Waals surface area contributed by atoms with E-state index >= 15 is 0 Å². The standard InChI is InChI=1S/C17H23N3O2/c1-14-7-5-6-10-19(14)16(21)13-18-11-12-20(17(18)22)15-8-3-2-4-9-15/h2-4,8-9,14H,5-7,10-13H2,1H3. The Balaban J connectivity index is 1.62. The fraction of sp³-hybridized carbons (Fsp3) is 0.529. The van der Waals surface area contributed by atoms with Crippen LogP contribution in [0.5, 0.6) is 0 Å². The van der Waals surface area contributed by atoms with Gasteiger partial charge in [-0.1, -0.05) is 18.2 Å². The van der Waals surface area contributed by atoms with E-state index in [-0.39, 0.29) is 18.5 Å². The number of rotatable bonds is 3. The summed E-state index contributed by atoms with van der Waals surface area (Å²) in [4.78, 5) is 30.3. The zero-order chi connectivity index (χ0) is 15.5. The van der Waals surface area contributed by atoms with Crippen LogP contribution in [0.25, 0.3) is 0 Å². The van der Waals surface area contributed by atoms with Crippen LogP contribution in [0.2, 0.25) is 0 Å². The summed E-state index contributed by atoms with van der Waals surface area (Å²) in [5.74, 6) is 0.0791. The minimum Gasteiger partial charge on any atom is -0.338 e. The number of hydrogen-bond donors (Lipinski definition) is 0. The maximum Gasteiger partial charge on any atom is 0.325 e. The third kappa shape index (κ3) is 2.93. The van der Waals surface area contributed by atoms with E-state index in [0.29, 0.717) is 19.1 Å². The van der Waals surface area contributed by atoms with Crippen LogP contribution in [0.15, 0.2) is 30.3 Å². The molecular formula is C17H23N3O2. The summed E-state index contributed by atoms with van der Waals surface area (Å²) in [5.41, 5.74) is 0.897. The maximum absolute atomic E-state index is 12.5. The van der Waals surface area contributed by atoms with E-state index in [1.54, 1.807) is 9.80 Å². The number of amides is 3. The highest BCUT2D eigenvalue weighted by Gasteiger charge is 2.33. The molecule has 0 aliphatic carbocycles. The SMILES string of the molecule is CC1CCCCN1C(=O)CN1CCN(c2ccccc2)C1=O. The molecule has 22 heavy (non-hydrogen) atoms. The smallest absolute Gasteiger partial charge is 0.325 e. The Kier molecular flexibility index (Phi) is 4.32. The number of carbonyl (C=O) groups is 2. The van der Waals surface area contributed by atoms with Crippen LogP contribution >= 0.6 is 0 Å². The van der Waals surface area contributed by atoms with E-state index in [0.717, 1.165) is 25.1 Å². The van der Waals surface area contributed by atoms with Gasteiger partial charge in [-0.05, 0) is 38.3 Å². The van der Waals surface area contributed by atoms with Crippen LogP contribution in [0.3, 0.4) is 0 Å². The molecule has 5 heteroatoms. The second-order valence-electron chi connectivity index (χ2n) is 6.12. The number of benzene rings is 1. The number of para-hydroxylation sites is 1. The lowest BCUT2D eigenvalue weighted by atomic mass is 10.0. The molecule has 5 nitrogen and oxygen atoms in total. The highest BCUT2D eigenvalue weighted by Crippen LogP contribution is 2.21. The van der Waals surface area contributed by atoms with Gasteiger partial charge >= 0.3 is 6.03 Å². The summed E-state index contributed by atoms with van der Waals surface area (Å²) in [5, 5.41) is 0. The average molecular weight is 301 g/mol. The van der Waals surface area contributed by atoms with Gasteiger partial charge in [0.05, 0.1) is 0 Å². The molecule has 3 amide bonds. The first-order valence-corrected chi connectivity index (χ1v) is 8.08. The van der Waals surface area contributed by atoms with E-state index in [1.165, 1.54) is 6.42 Å². The van der Waals surface area contributed by atoms with Crippen LogP contribution in [-0.4, -0.2) is 54.0 Å². The minimum atomic E-state index is -0.0655. The summed E-state index contributed by atoms with van der Waals surface area (Å²) >= 11 is 0. The Bertz CT molecular complexity index is 546. The molecule has 118 valence electrons. The summed E-state index contributed by atoms with van der Waals surface area (Å²) in [6.07, 6.45) is 3.32. The van der Waals surface area contributed by atoms with Crippen molar-refractivity contribution in [2.75, 3.05) is 31.1 Å². The normalized spacial score (nSPS) is 22.3. The minimum absolute atomic E-state index is 0.0655. The Morgan fingerprint density at radius 2 is 1.91 bits per heavy atom. The average Bonchev–Trinajstić information content (AvgIpc) is 2.89. The van der Waals surface area contributed by atoms with Gasteiger partial charge in [-0.15, -0.1) is 0 Å². The number of hydrogen-bond acceptors (Lipinski definition) is 2. The van der Waals surface area contributed by atoms with Crippen LogP contribution in [-0.2, 0) is 4.79 Å². The molecule has 2 fully saturated rings. The van der Waals surface area contributed by atoms with Crippen molar-refractivity contribution in [3.05, 3.63) is 30.3 Å². The number of likely N-dealkylation sites (tertiary alicyclic amines) is 1. The maximum atomic E-state index is 12.5.